The van der Waals surface area contributed by atoms with Crippen molar-refractivity contribution in [3.8, 4) is 0 Å². The molecule has 0 aromatic carbocycles. The molecular formula is C14H17ClN2O3. The van der Waals surface area contributed by atoms with Gasteiger partial charge in [0.25, 0.3) is 5.91 Å². The number of carbonyl (C=O) groups excluding carboxylic acids is 1. The van der Waals surface area contributed by atoms with Crippen molar-refractivity contribution < 1.29 is 14.7 Å². The minimum Gasteiger partial charge on any atom is -0.480 e. The Morgan fingerprint density at radius 3 is 2.60 bits per heavy atom. The molecule has 1 aromatic heterocycles. The maximum atomic E-state index is 12.6. The maximum Gasteiger partial charge on any atom is 0.323 e. The lowest BCUT2D eigenvalue weighted by atomic mass is 10.3. The van der Waals surface area contributed by atoms with Crippen LogP contribution in [0.4, 0.5) is 0 Å². The first-order valence-electron chi connectivity index (χ1n) is 6.93. The molecule has 1 N–H and O–H groups in total. The molecule has 0 radical (unpaired) electrons. The molecule has 2 aliphatic carbocycles. The Morgan fingerprint density at radius 1 is 1.35 bits per heavy atom. The lowest BCUT2D eigenvalue weighted by molar-refractivity contribution is -0.137. The summed E-state index contributed by atoms with van der Waals surface area (Å²) < 4.78 is 1.90. The van der Waals surface area contributed by atoms with Crippen LogP contribution < -0.4 is 0 Å². The van der Waals surface area contributed by atoms with Crippen molar-refractivity contribution in [2.75, 3.05) is 13.1 Å². The lowest BCUT2D eigenvalue weighted by Gasteiger charge is -2.21. The summed E-state index contributed by atoms with van der Waals surface area (Å²) in [6, 6.07) is 1.98. The highest BCUT2D eigenvalue weighted by Gasteiger charge is 2.32. The molecule has 0 spiro atoms. The van der Waals surface area contributed by atoms with Gasteiger partial charge in [0.15, 0.2) is 0 Å². The van der Waals surface area contributed by atoms with Crippen molar-refractivity contribution in [2.24, 2.45) is 5.92 Å². The van der Waals surface area contributed by atoms with Crippen LogP contribution >= 0.6 is 11.6 Å². The maximum absolute atomic E-state index is 12.6. The largest absolute Gasteiger partial charge is 0.480 e. The van der Waals surface area contributed by atoms with E-state index in [1.165, 1.54) is 4.90 Å². The summed E-state index contributed by atoms with van der Waals surface area (Å²) in [7, 11) is 0. The Hall–Kier alpha value is -1.49. The molecule has 0 atom stereocenters. The van der Waals surface area contributed by atoms with E-state index in [-0.39, 0.29) is 12.5 Å². The lowest BCUT2D eigenvalue weighted by Crippen LogP contribution is -2.38. The van der Waals surface area contributed by atoms with Crippen molar-refractivity contribution in [3.63, 3.8) is 0 Å². The highest BCUT2D eigenvalue weighted by atomic mass is 35.5. The van der Waals surface area contributed by atoms with Gasteiger partial charge < -0.3 is 14.6 Å². The van der Waals surface area contributed by atoms with Gasteiger partial charge in [-0.25, -0.2) is 0 Å². The van der Waals surface area contributed by atoms with Crippen LogP contribution in [0.15, 0.2) is 12.3 Å². The molecule has 2 saturated carbocycles. The smallest absolute Gasteiger partial charge is 0.323 e. The molecule has 1 heterocycles. The van der Waals surface area contributed by atoms with Crippen molar-refractivity contribution in [1.82, 2.24) is 9.47 Å². The molecule has 0 bridgehead atoms. The highest BCUT2D eigenvalue weighted by molar-refractivity contribution is 6.31. The first-order chi connectivity index (χ1) is 9.54. The molecule has 2 aliphatic rings. The van der Waals surface area contributed by atoms with Gasteiger partial charge in [0.1, 0.15) is 12.2 Å². The van der Waals surface area contributed by atoms with Gasteiger partial charge in [0.05, 0.1) is 5.02 Å². The van der Waals surface area contributed by atoms with E-state index in [0.29, 0.717) is 29.2 Å². The van der Waals surface area contributed by atoms with Gasteiger partial charge >= 0.3 is 5.97 Å². The Kier molecular flexibility index (Phi) is 3.46. The monoisotopic (exact) mass is 296 g/mol. The minimum absolute atomic E-state index is 0.224. The molecule has 0 unspecified atom stereocenters. The SMILES string of the molecule is O=C(O)CN(CC1CC1)C(=O)c1cc(Cl)cn1C1CC1. The average Bonchev–Trinajstić information content (AvgIpc) is 3.27. The number of hydrogen-bond acceptors (Lipinski definition) is 2. The molecule has 108 valence electrons. The van der Waals surface area contributed by atoms with E-state index >= 15 is 0 Å². The third kappa shape index (κ3) is 2.98. The molecule has 2 fully saturated rings. The predicted molar refractivity (Wildman–Crippen MR) is 74.0 cm³/mol. The third-order valence-corrected chi connectivity index (χ3v) is 3.97. The number of carboxylic acid groups (broad SMARTS) is 1. The second-order valence-corrected chi connectivity index (χ2v) is 6.14. The molecule has 0 aliphatic heterocycles. The Bertz CT molecular complexity index is 547. The Balaban J connectivity index is 1.81. The molecule has 1 aromatic rings. The molecular weight excluding hydrogens is 280 g/mol. The number of aromatic nitrogens is 1. The number of amides is 1. The second kappa shape index (κ2) is 5.13. The van der Waals surface area contributed by atoms with E-state index in [2.05, 4.69) is 0 Å². The highest BCUT2D eigenvalue weighted by Crippen LogP contribution is 2.38. The van der Waals surface area contributed by atoms with Gasteiger partial charge in [-0.1, -0.05) is 11.6 Å². The van der Waals surface area contributed by atoms with E-state index in [9.17, 15) is 9.59 Å². The summed E-state index contributed by atoms with van der Waals surface area (Å²) in [6.45, 7) is 0.279. The summed E-state index contributed by atoms with van der Waals surface area (Å²) in [5.74, 6) is -0.745. The van der Waals surface area contributed by atoms with E-state index < -0.39 is 5.97 Å². The summed E-state index contributed by atoms with van der Waals surface area (Å²) in [5.41, 5.74) is 0.513. The van der Waals surface area contributed by atoms with Crippen molar-refractivity contribution in [1.29, 1.82) is 0 Å². The molecule has 5 nitrogen and oxygen atoms in total. The summed E-state index contributed by atoms with van der Waals surface area (Å²) in [5, 5.41) is 9.51. The minimum atomic E-state index is -0.977. The topological polar surface area (TPSA) is 62.5 Å². The van der Waals surface area contributed by atoms with Crippen molar-refractivity contribution >= 4 is 23.5 Å². The average molecular weight is 297 g/mol. The van der Waals surface area contributed by atoms with Crippen LogP contribution in [0.1, 0.15) is 42.2 Å². The van der Waals surface area contributed by atoms with Crippen molar-refractivity contribution in [2.45, 2.75) is 31.7 Å². The molecule has 6 heteroatoms. The summed E-state index contributed by atoms with van der Waals surface area (Å²) in [4.78, 5) is 25.0. The van der Waals surface area contributed by atoms with Crippen LogP contribution in [0.2, 0.25) is 5.02 Å². The van der Waals surface area contributed by atoms with Crippen molar-refractivity contribution in [3.05, 3.63) is 23.0 Å². The number of rotatable bonds is 6. The standard InChI is InChI=1S/C14H17ClN2O3/c15-10-5-12(17(7-10)11-3-4-11)14(20)16(8-13(18)19)6-9-1-2-9/h5,7,9,11H,1-4,6,8H2,(H,18,19). The predicted octanol–water partition coefficient (Wildman–Crippen LogP) is 2.41. The van der Waals surface area contributed by atoms with Gasteiger partial charge in [-0.2, -0.15) is 0 Å². The van der Waals surface area contributed by atoms with E-state index in [4.69, 9.17) is 16.7 Å². The molecule has 20 heavy (non-hydrogen) atoms. The molecule has 1 amide bonds. The van der Waals surface area contributed by atoms with Crippen LogP contribution in [0.3, 0.4) is 0 Å². The summed E-state index contributed by atoms with van der Waals surface area (Å²) >= 11 is 6.00. The number of carbonyl (C=O) groups is 2. The number of carboxylic acids is 1. The first kappa shape index (κ1) is 13.5. The van der Waals surface area contributed by atoms with Crippen LogP contribution in [0, 0.1) is 5.92 Å². The van der Waals surface area contributed by atoms with Gasteiger partial charge in [-0.3, -0.25) is 9.59 Å². The van der Waals surface area contributed by atoms with Crippen LogP contribution in [-0.2, 0) is 4.79 Å². The zero-order chi connectivity index (χ0) is 14.3. The number of nitrogens with zero attached hydrogens (tertiary/aromatic N) is 2. The van der Waals surface area contributed by atoms with Gasteiger partial charge in [0.2, 0.25) is 0 Å². The van der Waals surface area contributed by atoms with Crippen LogP contribution in [0.25, 0.3) is 0 Å². The first-order valence-corrected chi connectivity index (χ1v) is 7.31. The number of halogens is 1. The quantitative estimate of drug-likeness (QED) is 0.877. The van der Waals surface area contributed by atoms with Gasteiger partial charge in [-0.15, -0.1) is 0 Å². The van der Waals surface area contributed by atoms with Crippen LogP contribution in [0.5, 0.6) is 0 Å². The Labute approximate surface area is 122 Å². The van der Waals surface area contributed by atoms with E-state index in [0.717, 1.165) is 25.7 Å². The molecule has 0 saturated heterocycles. The van der Waals surface area contributed by atoms with E-state index in [1.807, 2.05) is 4.57 Å². The summed E-state index contributed by atoms with van der Waals surface area (Å²) in [6.07, 6.45) is 6.02. The molecule has 3 rings (SSSR count). The number of aliphatic carboxylic acids is 1. The second-order valence-electron chi connectivity index (χ2n) is 5.70. The van der Waals surface area contributed by atoms with Gasteiger partial charge in [0, 0.05) is 18.8 Å². The normalized spacial score (nSPS) is 18.1. The zero-order valence-electron chi connectivity index (χ0n) is 11.1. The van der Waals surface area contributed by atoms with Gasteiger partial charge in [-0.05, 0) is 37.7 Å². The Morgan fingerprint density at radius 2 is 2.05 bits per heavy atom. The third-order valence-electron chi connectivity index (χ3n) is 3.76. The zero-order valence-corrected chi connectivity index (χ0v) is 11.8. The fourth-order valence-electron chi connectivity index (χ4n) is 2.43. The van der Waals surface area contributed by atoms with E-state index in [1.54, 1.807) is 12.3 Å². The fourth-order valence-corrected chi connectivity index (χ4v) is 2.64. The van der Waals surface area contributed by atoms with Crippen LogP contribution in [-0.4, -0.2) is 39.5 Å². The fraction of sp³-hybridized carbons (Fsp3) is 0.571. The number of hydrogen-bond donors (Lipinski definition) is 1.